The molecule has 0 heterocycles. The molecule has 0 bridgehead atoms. The van der Waals surface area contributed by atoms with Crippen LogP contribution in [0, 0.1) is 20.8 Å². The maximum absolute atomic E-state index is 13.1. The van der Waals surface area contributed by atoms with Crippen molar-refractivity contribution < 1.29 is 28.0 Å². The lowest BCUT2D eigenvalue weighted by molar-refractivity contribution is -0.862. The standard InChI is InChI=1S/C31H50N2O4.2CH3/c1-11-12-13-14-24-18-27(36-29(34)20-32(5,6)7)31(26-17-23(4)15-16-25(26)22(2)3)28(19-24)37-30(35)21-33(8,9)10;;/h17-19,25-26H,2,11-16,20-21H2,1,3-10H3;2*1H3/q+2;2*-1/t25-,26+;;/m0../s1. The van der Waals surface area contributed by atoms with Crippen LogP contribution in [0.5, 0.6) is 11.5 Å². The highest BCUT2D eigenvalue weighted by Crippen LogP contribution is 2.47. The van der Waals surface area contributed by atoms with Gasteiger partial charge in [-0.2, -0.15) is 0 Å². The van der Waals surface area contributed by atoms with Gasteiger partial charge in [0.2, 0.25) is 0 Å². The highest BCUT2D eigenvalue weighted by Gasteiger charge is 2.33. The Balaban J connectivity index is 0.00000722. The zero-order chi connectivity index (χ0) is 28.0. The number of carbonyl (C=O) groups excluding carboxylic acids is 2. The van der Waals surface area contributed by atoms with Crippen molar-refractivity contribution in [2.75, 3.05) is 55.4 Å². The smallest absolute Gasteiger partial charge is 0.367 e. The van der Waals surface area contributed by atoms with Gasteiger partial charge in [0.25, 0.3) is 0 Å². The van der Waals surface area contributed by atoms with Crippen LogP contribution in [0.2, 0.25) is 0 Å². The number of esters is 2. The summed E-state index contributed by atoms with van der Waals surface area (Å²) in [6, 6.07) is 3.98. The molecule has 6 heteroatoms. The normalized spacial score (nSPS) is 17.3. The summed E-state index contributed by atoms with van der Waals surface area (Å²) in [5, 5.41) is 0. The van der Waals surface area contributed by atoms with Crippen LogP contribution in [0.15, 0.2) is 35.9 Å². The first-order chi connectivity index (χ1) is 17.1. The summed E-state index contributed by atoms with van der Waals surface area (Å²) < 4.78 is 13.1. The van der Waals surface area contributed by atoms with E-state index in [2.05, 4.69) is 33.4 Å². The minimum absolute atomic E-state index is 0. The number of likely N-dealkylation sites (N-methyl/N-ethyl adjacent to an activating group) is 2. The summed E-state index contributed by atoms with van der Waals surface area (Å²) in [6.07, 6.45) is 8.26. The first-order valence-corrected chi connectivity index (χ1v) is 13.6. The molecule has 0 amide bonds. The second-order valence-corrected chi connectivity index (χ2v) is 12.8. The van der Waals surface area contributed by atoms with Gasteiger partial charge in [-0.15, -0.1) is 0 Å². The van der Waals surface area contributed by atoms with Gasteiger partial charge in [-0.05, 0) is 63.1 Å². The molecule has 0 radical (unpaired) electrons. The number of allylic oxidation sites excluding steroid dienone is 3. The summed E-state index contributed by atoms with van der Waals surface area (Å²) in [5.41, 5.74) is 4.15. The summed E-state index contributed by atoms with van der Waals surface area (Å²) in [7, 11) is 11.8. The molecule has 222 valence electrons. The van der Waals surface area contributed by atoms with Crippen molar-refractivity contribution in [3.63, 3.8) is 0 Å². The lowest BCUT2D eigenvalue weighted by Gasteiger charge is -2.33. The molecule has 0 unspecified atom stereocenters. The fraction of sp³-hybridized carbons (Fsp3) is 0.576. The molecule has 0 aromatic heterocycles. The van der Waals surface area contributed by atoms with Crippen molar-refractivity contribution >= 4 is 11.9 Å². The van der Waals surface area contributed by atoms with Gasteiger partial charge in [0.1, 0.15) is 11.5 Å². The number of nitrogens with zero attached hydrogens (tertiary/aromatic N) is 2. The molecule has 39 heavy (non-hydrogen) atoms. The van der Waals surface area contributed by atoms with E-state index in [4.69, 9.17) is 9.47 Å². The van der Waals surface area contributed by atoms with Gasteiger partial charge in [-0.1, -0.05) is 43.6 Å². The molecule has 0 saturated carbocycles. The van der Waals surface area contributed by atoms with Crippen molar-refractivity contribution in [1.29, 1.82) is 0 Å². The van der Waals surface area contributed by atoms with Crippen LogP contribution in [0.3, 0.4) is 0 Å². The molecule has 2 rings (SSSR count). The Labute approximate surface area is 239 Å². The minimum atomic E-state index is -0.300. The van der Waals surface area contributed by atoms with Gasteiger partial charge < -0.3 is 33.3 Å². The maximum Gasteiger partial charge on any atom is 0.367 e. The topological polar surface area (TPSA) is 52.6 Å². The number of ether oxygens (including phenoxy) is 2. The first kappa shape index (κ1) is 36.6. The number of unbranched alkanes of at least 4 members (excludes halogenated alkanes) is 2. The van der Waals surface area contributed by atoms with Crippen molar-refractivity contribution in [2.45, 2.75) is 65.2 Å². The quantitative estimate of drug-likeness (QED) is 0.0747. The molecule has 1 aliphatic rings. The SMILES string of the molecule is C=C(C)[C@@H]1CCC(C)=C[C@H]1c1c(OC(=O)C[N+](C)(C)C)cc(CCCCC)cc1OC(=O)C[N+](C)(C)C.[CH3-].[CH3-]. The van der Waals surface area contributed by atoms with E-state index in [0.717, 1.165) is 55.2 Å². The largest absolute Gasteiger partial charge is 0.422 e. The highest BCUT2D eigenvalue weighted by atomic mass is 16.5. The number of rotatable bonds is 12. The molecule has 1 aromatic rings. The second-order valence-electron chi connectivity index (χ2n) is 12.8. The van der Waals surface area contributed by atoms with E-state index in [-0.39, 0.29) is 51.7 Å². The van der Waals surface area contributed by atoms with Crippen molar-refractivity contribution in [2.24, 2.45) is 5.92 Å². The van der Waals surface area contributed by atoms with E-state index >= 15 is 0 Å². The van der Waals surface area contributed by atoms with Gasteiger partial charge in [0, 0.05) is 11.5 Å². The summed E-state index contributed by atoms with van der Waals surface area (Å²) in [6.45, 7) is 11.1. The molecule has 0 fully saturated rings. The molecular formula is C33H56N2O4. The number of quaternary nitrogens is 2. The van der Waals surface area contributed by atoms with Crippen molar-refractivity contribution in [3.05, 3.63) is 61.9 Å². The molecule has 0 N–H and O–H groups in total. The van der Waals surface area contributed by atoms with Crippen LogP contribution < -0.4 is 9.47 Å². The van der Waals surface area contributed by atoms with E-state index in [1.165, 1.54) is 5.57 Å². The summed E-state index contributed by atoms with van der Waals surface area (Å²) >= 11 is 0. The Kier molecular flexibility index (Phi) is 14.4. The number of benzene rings is 1. The van der Waals surface area contributed by atoms with Crippen LogP contribution in [-0.4, -0.2) is 76.3 Å². The van der Waals surface area contributed by atoms with E-state index in [9.17, 15) is 9.59 Å². The zero-order valence-corrected chi connectivity index (χ0v) is 26.8. The third-order valence-corrected chi connectivity index (χ3v) is 6.60. The van der Waals surface area contributed by atoms with Crippen LogP contribution in [-0.2, 0) is 16.0 Å². The van der Waals surface area contributed by atoms with Crippen LogP contribution in [0.4, 0.5) is 0 Å². The van der Waals surface area contributed by atoms with E-state index in [1.807, 2.05) is 54.4 Å². The van der Waals surface area contributed by atoms with E-state index in [0.29, 0.717) is 20.5 Å². The third kappa shape index (κ3) is 12.1. The molecule has 2 atom stereocenters. The highest BCUT2D eigenvalue weighted by molar-refractivity contribution is 5.77. The number of aryl methyl sites for hydroxylation is 1. The van der Waals surface area contributed by atoms with Crippen LogP contribution in [0.1, 0.15) is 69.9 Å². The van der Waals surface area contributed by atoms with Gasteiger partial charge in [0.15, 0.2) is 13.1 Å². The van der Waals surface area contributed by atoms with Gasteiger partial charge in [0.05, 0.1) is 42.3 Å². The van der Waals surface area contributed by atoms with Gasteiger partial charge in [-0.3, -0.25) is 0 Å². The van der Waals surface area contributed by atoms with Crippen LogP contribution in [0.25, 0.3) is 0 Å². The molecular weight excluding hydrogens is 488 g/mol. The van der Waals surface area contributed by atoms with Gasteiger partial charge in [-0.25, -0.2) is 9.59 Å². The summed E-state index contributed by atoms with van der Waals surface area (Å²) in [4.78, 5) is 26.1. The molecule has 1 aliphatic carbocycles. The molecule has 6 nitrogen and oxygen atoms in total. The number of hydrogen-bond donors (Lipinski definition) is 0. The minimum Gasteiger partial charge on any atom is -0.422 e. The van der Waals surface area contributed by atoms with Gasteiger partial charge >= 0.3 is 11.9 Å². The first-order valence-electron chi connectivity index (χ1n) is 13.6. The number of hydrogen-bond acceptors (Lipinski definition) is 4. The predicted octanol–water partition coefficient (Wildman–Crippen LogP) is 6.56. The zero-order valence-electron chi connectivity index (χ0n) is 26.8. The Morgan fingerprint density at radius 1 is 0.923 bits per heavy atom. The van der Waals surface area contributed by atoms with Crippen LogP contribution >= 0.6 is 0 Å². The second kappa shape index (κ2) is 15.4. The monoisotopic (exact) mass is 544 g/mol. The fourth-order valence-corrected chi connectivity index (χ4v) is 4.87. The molecule has 0 spiro atoms. The van der Waals surface area contributed by atoms with E-state index < -0.39 is 0 Å². The Morgan fingerprint density at radius 3 is 1.82 bits per heavy atom. The molecule has 0 aliphatic heterocycles. The lowest BCUT2D eigenvalue weighted by Crippen LogP contribution is -2.41. The fourth-order valence-electron chi connectivity index (χ4n) is 4.87. The average molecular weight is 545 g/mol. The maximum atomic E-state index is 13.1. The lowest BCUT2D eigenvalue weighted by atomic mass is 9.73. The Bertz CT molecular complexity index is 961. The molecule has 1 aromatic carbocycles. The molecule has 0 saturated heterocycles. The predicted molar refractivity (Wildman–Crippen MR) is 164 cm³/mol. The Morgan fingerprint density at radius 2 is 1.41 bits per heavy atom. The third-order valence-electron chi connectivity index (χ3n) is 6.60. The van der Waals surface area contributed by atoms with E-state index in [1.54, 1.807) is 0 Å². The van der Waals surface area contributed by atoms with Crippen molar-refractivity contribution in [3.8, 4) is 11.5 Å². The number of carbonyl (C=O) groups is 2. The average Bonchev–Trinajstić information content (AvgIpc) is 2.70. The summed E-state index contributed by atoms with van der Waals surface area (Å²) in [5.74, 6) is 0.486. The van der Waals surface area contributed by atoms with Crippen molar-refractivity contribution in [1.82, 2.24) is 0 Å². The Hall–Kier alpha value is -2.44.